The van der Waals surface area contributed by atoms with E-state index in [1.165, 1.54) is 48.2 Å². The molecule has 0 bridgehead atoms. The molecule has 0 aromatic heterocycles. The number of rotatable bonds is 1. The van der Waals surface area contributed by atoms with Gasteiger partial charge in [-0.2, -0.15) is 0 Å². The number of hydrogen-bond donors (Lipinski definition) is 0. The van der Waals surface area contributed by atoms with Crippen molar-refractivity contribution in [2.24, 2.45) is 11.3 Å². The molecule has 0 aliphatic heterocycles. The van der Waals surface area contributed by atoms with Crippen LogP contribution in [-0.4, -0.2) is 8.30 Å². The maximum absolute atomic E-state index is 5.75. The molecule has 0 aromatic carbocycles. The van der Waals surface area contributed by atoms with Crippen molar-refractivity contribution < 1.29 is 102 Å². The van der Waals surface area contributed by atoms with E-state index in [0.717, 1.165) is 12.0 Å². The first-order valence-corrected chi connectivity index (χ1v) is 8.36. The molecule has 0 nitrogen and oxygen atoms in total. The van der Waals surface area contributed by atoms with Gasteiger partial charge in [-0.25, -0.2) is 0 Å². The van der Waals surface area contributed by atoms with Crippen LogP contribution in [0.25, 0.3) is 0 Å². The minimum Gasteiger partial charge on any atom is 0 e. The summed E-state index contributed by atoms with van der Waals surface area (Å²) in [6.07, 6.45) is 3.26. The Kier molecular flexibility index (Phi) is 22.3. The minimum atomic E-state index is 0. The summed E-state index contributed by atoms with van der Waals surface area (Å²) in [5, 5.41) is 0. The van der Waals surface area contributed by atoms with Crippen LogP contribution in [0.4, 0.5) is 0 Å². The third kappa shape index (κ3) is 15.3. The fourth-order valence-corrected chi connectivity index (χ4v) is 1.79. The molecule has 0 heterocycles. The second-order valence-electron chi connectivity index (χ2n) is 5.29. The van der Waals surface area contributed by atoms with Crippen LogP contribution < -0.4 is 0 Å². The molecule has 0 unspecified atom stereocenters. The van der Waals surface area contributed by atoms with Crippen molar-refractivity contribution in [2.45, 2.75) is 41.0 Å². The van der Waals surface area contributed by atoms with Crippen LogP contribution in [0.1, 0.15) is 41.0 Å². The molecule has 0 aromatic rings. The van der Waals surface area contributed by atoms with Crippen molar-refractivity contribution >= 4 is 8.30 Å². The zero-order valence-electron chi connectivity index (χ0n) is 12.0. The van der Waals surface area contributed by atoms with Crippen molar-refractivity contribution in [3.05, 3.63) is 23.8 Å². The first-order chi connectivity index (χ1) is 7.17. The summed E-state index contributed by atoms with van der Waals surface area (Å²) in [4.78, 5) is 0. The molecule has 1 aliphatic rings. The van der Waals surface area contributed by atoms with Gasteiger partial charge in [0.1, 0.15) is 0 Å². The Morgan fingerprint density at radius 3 is 1.68 bits per heavy atom. The van der Waals surface area contributed by atoms with Crippen LogP contribution in [0.2, 0.25) is 0 Å². The van der Waals surface area contributed by atoms with Crippen LogP contribution in [0.15, 0.2) is 17.2 Å². The molecule has 0 spiro atoms. The maximum atomic E-state index is 5.75. The van der Waals surface area contributed by atoms with Crippen molar-refractivity contribution in [1.82, 2.24) is 0 Å². The second-order valence-corrected chi connectivity index (χ2v) is 7.61. The van der Waals surface area contributed by atoms with Gasteiger partial charge in [0.2, 0.25) is 0 Å². The summed E-state index contributed by atoms with van der Waals surface area (Å²) >= 11 is 2.93. The average molecular weight is 1110 g/mol. The Morgan fingerprint density at radius 2 is 1.58 bits per heavy atom. The van der Waals surface area contributed by atoms with Crippen LogP contribution in [-0.2, 0) is 102 Å². The Labute approximate surface area is 184 Å². The van der Waals surface area contributed by atoms with E-state index in [0.29, 0.717) is 11.3 Å². The standard InChI is InChI=1S/C9H11.C5H9.5W/c1-7(2)9-5-4-8(3)6-9;1-5(2,3)4;;;;;/h3,5,7H,6H2,1-2H3;1-3H3;;;;;/q2*-1;;;;;. The molecule has 19 heavy (non-hydrogen) atoms. The van der Waals surface area contributed by atoms with Crippen LogP contribution in [0.3, 0.4) is 0 Å². The Balaban J connectivity index is -0.000000112. The minimum absolute atomic E-state index is 0. The van der Waals surface area contributed by atoms with Crippen LogP contribution in [0, 0.1) is 17.9 Å². The van der Waals surface area contributed by atoms with Crippen LogP contribution in [0.5, 0.6) is 0 Å². The first kappa shape index (κ1) is 29.6. The predicted octanol–water partition coefficient (Wildman–Crippen LogP) is 3.30. The molecule has 0 radical (unpaired) electrons. The molecule has 5 heteroatoms. The fourth-order valence-electron chi connectivity index (χ4n) is 0.990. The molecule has 108 valence electrons. The van der Waals surface area contributed by atoms with Crippen molar-refractivity contribution in [3.63, 3.8) is 0 Å². The van der Waals surface area contributed by atoms with E-state index in [2.05, 4.69) is 45.1 Å². The van der Waals surface area contributed by atoms with Gasteiger partial charge in [-0.3, -0.25) is 0 Å². The second kappa shape index (κ2) is 14.3. The summed E-state index contributed by atoms with van der Waals surface area (Å²) in [7, 11) is 0. The molecule has 0 amide bonds. The zero-order chi connectivity index (χ0) is 12.9. The summed E-state index contributed by atoms with van der Waals surface area (Å²) in [6.45, 7) is 16.6. The molecule has 0 atom stereocenters. The van der Waals surface area contributed by atoms with Crippen molar-refractivity contribution in [2.75, 3.05) is 0 Å². The summed E-state index contributed by atoms with van der Waals surface area (Å²) < 4.78 is 4.52. The van der Waals surface area contributed by atoms with Gasteiger partial charge >= 0.3 is 123 Å². The van der Waals surface area contributed by atoms with E-state index in [-0.39, 0.29) is 63.2 Å². The summed E-state index contributed by atoms with van der Waals surface area (Å²) in [5.74, 6) is 0.662. The Morgan fingerprint density at radius 1 is 1.21 bits per heavy atom. The van der Waals surface area contributed by atoms with Gasteiger partial charge in [0.15, 0.2) is 0 Å². The van der Waals surface area contributed by atoms with Crippen molar-refractivity contribution in [3.8, 4) is 0 Å². The van der Waals surface area contributed by atoms with Gasteiger partial charge in [0.25, 0.3) is 0 Å². The van der Waals surface area contributed by atoms with Crippen molar-refractivity contribution in [1.29, 1.82) is 0 Å². The van der Waals surface area contributed by atoms with E-state index in [1.54, 1.807) is 0 Å². The van der Waals surface area contributed by atoms with Gasteiger partial charge in [0.05, 0.1) is 0 Å². The van der Waals surface area contributed by atoms with Gasteiger partial charge in [-0.1, -0.05) is 0 Å². The zero-order valence-corrected chi connectivity index (χ0v) is 26.6. The Hall–Kier alpha value is 2.66. The topological polar surface area (TPSA) is 0 Å². The van der Waals surface area contributed by atoms with E-state index in [1.807, 2.05) is 0 Å². The molecule has 0 saturated carbocycles. The van der Waals surface area contributed by atoms with E-state index < -0.39 is 0 Å². The quantitative estimate of drug-likeness (QED) is 0.355. The van der Waals surface area contributed by atoms with Gasteiger partial charge in [-0.15, -0.1) is 0 Å². The largest absolute Gasteiger partial charge is 0 e. The number of hydrogen-bond acceptors (Lipinski definition) is 0. The monoisotopic (exact) mass is 1110 g/mol. The van der Waals surface area contributed by atoms with Gasteiger partial charge in [0, 0.05) is 63.2 Å². The Bertz CT molecular complexity index is 321. The molecule has 0 N–H and O–H groups in total. The normalized spacial score (nSPS) is 13.3. The third-order valence-corrected chi connectivity index (χ3v) is 5.64. The first-order valence-electron chi connectivity index (χ1n) is 5.42. The number of allylic oxidation sites excluding steroid dienone is 3. The van der Waals surface area contributed by atoms with Crippen LogP contribution >= 0.6 is 0 Å². The molecule has 1 aliphatic carbocycles. The predicted molar refractivity (Wildman–Crippen MR) is 64.8 cm³/mol. The molecule has 1 rings (SSSR count). The SMILES string of the molecule is CC(C)(C)[C-]=[W].[CH-]=C1CC(C(C)C)=C[C]1=[W].[W].[W].[W]. The maximum Gasteiger partial charge on any atom is 0 e. The van der Waals surface area contributed by atoms with Gasteiger partial charge in [-0.05, 0) is 0 Å². The third-order valence-electron chi connectivity index (χ3n) is 2.08. The van der Waals surface area contributed by atoms with E-state index >= 15 is 0 Å². The van der Waals surface area contributed by atoms with Gasteiger partial charge < -0.3 is 0 Å². The smallest absolute Gasteiger partial charge is 0 e. The average Bonchev–Trinajstić information content (AvgIpc) is 2.47. The molecular weight excluding hydrogens is 1090 g/mol. The van der Waals surface area contributed by atoms with E-state index in [9.17, 15) is 0 Å². The molecule has 0 saturated heterocycles. The molecular formula is C14H20W5-2. The summed E-state index contributed by atoms with van der Waals surface area (Å²) in [6, 6.07) is 0. The molecule has 0 fully saturated rings. The van der Waals surface area contributed by atoms with E-state index in [4.69, 9.17) is 6.58 Å². The fraction of sp³-hybridized carbons (Fsp3) is 0.571. The summed E-state index contributed by atoms with van der Waals surface area (Å²) in [5.41, 5.74) is 2.90.